The second-order valence-electron chi connectivity index (χ2n) is 6.69. The number of rotatable bonds is 4. The smallest absolute Gasteiger partial charge is 0.260 e. The summed E-state index contributed by atoms with van der Waals surface area (Å²) in [4.78, 5) is 14.6. The van der Waals surface area contributed by atoms with E-state index < -0.39 is 0 Å². The minimum absolute atomic E-state index is 0.0577. The van der Waals surface area contributed by atoms with Gasteiger partial charge in [0.2, 0.25) is 0 Å². The highest BCUT2D eigenvalue weighted by molar-refractivity contribution is 6.30. The number of halogens is 1. The molecular weight excluding hydrogens is 334 g/mol. The minimum atomic E-state index is 0.0577. The van der Waals surface area contributed by atoms with E-state index in [1.807, 2.05) is 48.2 Å². The topological polar surface area (TPSA) is 29.5 Å². The molecule has 1 aliphatic rings. The van der Waals surface area contributed by atoms with E-state index in [1.54, 1.807) is 0 Å². The Bertz CT molecular complexity index is 714. The van der Waals surface area contributed by atoms with Gasteiger partial charge < -0.3 is 9.64 Å². The number of hydrogen-bond donors (Lipinski definition) is 0. The van der Waals surface area contributed by atoms with Gasteiger partial charge in [-0.05, 0) is 55.2 Å². The van der Waals surface area contributed by atoms with Crippen LogP contribution in [0, 0.1) is 6.92 Å². The summed E-state index contributed by atoms with van der Waals surface area (Å²) in [6, 6.07) is 15.8. The number of carbonyl (C=O) groups excluding carboxylic acids is 1. The standard InChI is InChI=1S/C21H24ClNO2/c1-16-5-4-7-20(13-16)25-15-21(24)23-12-3-2-6-18(14-23)17-8-10-19(22)11-9-17/h4-5,7-11,13,18H,2-3,6,12,14-15H2,1H3. The minimum Gasteiger partial charge on any atom is -0.484 e. The Hall–Kier alpha value is -2.00. The van der Waals surface area contributed by atoms with E-state index in [0.29, 0.717) is 5.92 Å². The van der Waals surface area contributed by atoms with Gasteiger partial charge in [-0.15, -0.1) is 0 Å². The predicted octanol–water partition coefficient (Wildman–Crippen LogP) is 4.82. The Labute approximate surface area is 154 Å². The highest BCUT2D eigenvalue weighted by Crippen LogP contribution is 2.27. The Morgan fingerprint density at radius 3 is 2.76 bits per heavy atom. The Morgan fingerprint density at radius 1 is 1.20 bits per heavy atom. The molecule has 0 radical (unpaired) electrons. The fourth-order valence-electron chi connectivity index (χ4n) is 3.32. The molecule has 2 aromatic rings. The van der Waals surface area contributed by atoms with Gasteiger partial charge in [0.1, 0.15) is 5.75 Å². The molecule has 0 spiro atoms. The van der Waals surface area contributed by atoms with Crippen LogP contribution in [0.2, 0.25) is 5.02 Å². The highest BCUT2D eigenvalue weighted by atomic mass is 35.5. The number of amides is 1. The van der Waals surface area contributed by atoms with Crippen LogP contribution in [-0.4, -0.2) is 30.5 Å². The molecule has 3 nitrogen and oxygen atoms in total. The normalized spacial score (nSPS) is 17.8. The van der Waals surface area contributed by atoms with Crippen LogP contribution in [0.3, 0.4) is 0 Å². The fraction of sp³-hybridized carbons (Fsp3) is 0.381. The lowest BCUT2D eigenvalue weighted by atomic mass is 9.94. The molecule has 0 saturated carbocycles. The van der Waals surface area contributed by atoms with Crippen molar-refractivity contribution in [1.29, 1.82) is 0 Å². The van der Waals surface area contributed by atoms with Crippen molar-refractivity contribution in [1.82, 2.24) is 4.90 Å². The number of carbonyl (C=O) groups is 1. The number of benzene rings is 2. The third-order valence-corrected chi connectivity index (χ3v) is 4.97. The molecular formula is C21H24ClNO2. The molecule has 25 heavy (non-hydrogen) atoms. The number of ether oxygens (including phenoxy) is 1. The molecule has 0 aliphatic carbocycles. The first-order chi connectivity index (χ1) is 12.1. The van der Waals surface area contributed by atoms with E-state index >= 15 is 0 Å². The van der Waals surface area contributed by atoms with Crippen LogP contribution in [0.5, 0.6) is 5.75 Å². The van der Waals surface area contributed by atoms with E-state index in [4.69, 9.17) is 16.3 Å². The molecule has 132 valence electrons. The summed E-state index contributed by atoms with van der Waals surface area (Å²) in [6.45, 7) is 3.66. The fourth-order valence-corrected chi connectivity index (χ4v) is 3.44. The average molecular weight is 358 g/mol. The lowest BCUT2D eigenvalue weighted by Crippen LogP contribution is -2.37. The Kier molecular flexibility index (Phi) is 5.98. The largest absolute Gasteiger partial charge is 0.484 e. The molecule has 1 fully saturated rings. The highest BCUT2D eigenvalue weighted by Gasteiger charge is 2.23. The van der Waals surface area contributed by atoms with Crippen molar-refractivity contribution < 1.29 is 9.53 Å². The first-order valence-electron chi connectivity index (χ1n) is 8.84. The molecule has 2 aromatic carbocycles. The summed E-state index contributed by atoms with van der Waals surface area (Å²) < 4.78 is 5.69. The van der Waals surface area contributed by atoms with E-state index in [-0.39, 0.29) is 12.5 Å². The molecule has 0 N–H and O–H groups in total. The van der Waals surface area contributed by atoms with Gasteiger partial charge in [0.15, 0.2) is 6.61 Å². The predicted molar refractivity (Wildman–Crippen MR) is 101 cm³/mol. The molecule has 0 bridgehead atoms. The summed E-state index contributed by atoms with van der Waals surface area (Å²) in [5.74, 6) is 1.17. The molecule has 4 heteroatoms. The van der Waals surface area contributed by atoms with E-state index in [9.17, 15) is 4.79 Å². The second kappa shape index (κ2) is 8.39. The first-order valence-corrected chi connectivity index (χ1v) is 9.22. The van der Waals surface area contributed by atoms with E-state index in [0.717, 1.165) is 48.7 Å². The van der Waals surface area contributed by atoms with Gasteiger partial charge in [-0.3, -0.25) is 4.79 Å². The van der Waals surface area contributed by atoms with Crippen LogP contribution in [-0.2, 0) is 4.79 Å². The van der Waals surface area contributed by atoms with Gasteiger partial charge in [-0.2, -0.15) is 0 Å². The van der Waals surface area contributed by atoms with Crippen LogP contribution >= 0.6 is 11.6 Å². The van der Waals surface area contributed by atoms with Gasteiger partial charge >= 0.3 is 0 Å². The van der Waals surface area contributed by atoms with Gasteiger partial charge in [0.25, 0.3) is 5.91 Å². The molecule has 1 saturated heterocycles. The lowest BCUT2D eigenvalue weighted by molar-refractivity contribution is -0.133. The lowest BCUT2D eigenvalue weighted by Gasteiger charge is -2.25. The molecule has 0 aromatic heterocycles. The molecule has 1 atom stereocenters. The van der Waals surface area contributed by atoms with Crippen molar-refractivity contribution in [3.05, 3.63) is 64.7 Å². The monoisotopic (exact) mass is 357 g/mol. The molecule has 1 heterocycles. The van der Waals surface area contributed by atoms with E-state index in [2.05, 4.69) is 12.1 Å². The number of hydrogen-bond acceptors (Lipinski definition) is 2. The van der Waals surface area contributed by atoms with E-state index in [1.165, 1.54) is 5.56 Å². The summed E-state index contributed by atoms with van der Waals surface area (Å²) in [6.07, 6.45) is 3.28. The van der Waals surface area contributed by atoms with Crippen LogP contribution in [0.15, 0.2) is 48.5 Å². The zero-order valence-corrected chi connectivity index (χ0v) is 15.3. The maximum absolute atomic E-state index is 12.6. The maximum atomic E-state index is 12.6. The molecule has 1 unspecified atom stereocenters. The summed E-state index contributed by atoms with van der Waals surface area (Å²) in [7, 11) is 0. The zero-order valence-electron chi connectivity index (χ0n) is 14.6. The SMILES string of the molecule is Cc1cccc(OCC(=O)N2CCCCC(c3ccc(Cl)cc3)C2)c1. The maximum Gasteiger partial charge on any atom is 0.260 e. The van der Waals surface area contributed by atoms with Gasteiger partial charge in [-0.1, -0.05) is 42.3 Å². The van der Waals surface area contributed by atoms with Crippen LogP contribution in [0.1, 0.15) is 36.3 Å². The third kappa shape index (κ3) is 4.99. The van der Waals surface area contributed by atoms with Crippen LogP contribution in [0.4, 0.5) is 0 Å². The van der Waals surface area contributed by atoms with Crippen molar-refractivity contribution in [3.8, 4) is 5.75 Å². The molecule has 3 rings (SSSR count). The van der Waals surface area contributed by atoms with Crippen LogP contribution in [0.25, 0.3) is 0 Å². The Balaban J connectivity index is 1.61. The summed E-state index contributed by atoms with van der Waals surface area (Å²) >= 11 is 5.99. The average Bonchev–Trinajstić information content (AvgIpc) is 2.87. The quantitative estimate of drug-likeness (QED) is 0.784. The second-order valence-corrected chi connectivity index (χ2v) is 7.13. The van der Waals surface area contributed by atoms with Crippen molar-refractivity contribution in [2.24, 2.45) is 0 Å². The molecule has 1 aliphatic heterocycles. The number of aryl methyl sites for hydroxylation is 1. The number of likely N-dealkylation sites (tertiary alicyclic amines) is 1. The van der Waals surface area contributed by atoms with Crippen molar-refractivity contribution in [2.45, 2.75) is 32.1 Å². The van der Waals surface area contributed by atoms with Gasteiger partial charge in [0.05, 0.1) is 0 Å². The third-order valence-electron chi connectivity index (χ3n) is 4.72. The number of nitrogens with zero attached hydrogens (tertiary/aromatic N) is 1. The zero-order chi connectivity index (χ0) is 17.6. The molecule has 1 amide bonds. The van der Waals surface area contributed by atoms with Crippen molar-refractivity contribution in [2.75, 3.05) is 19.7 Å². The van der Waals surface area contributed by atoms with Crippen LogP contribution < -0.4 is 4.74 Å². The Morgan fingerprint density at radius 2 is 2.00 bits per heavy atom. The van der Waals surface area contributed by atoms with Gasteiger partial charge in [0, 0.05) is 24.0 Å². The van der Waals surface area contributed by atoms with Gasteiger partial charge in [-0.25, -0.2) is 0 Å². The summed E-state index contributed by atoms with van der Waals surface area (Å²) in [5, 5.41) is 0.747. The van der Waals surface area contributed by atoms with Crippen molar-refractivity contribution >= 4 is 17.5 Å². The van der Waals surface area contributed by atoms with Crippen molar-refractivity contribution in [3.63, 3.8) is 0 Å². The summed E-state index contributed by atoms with van der Waals surface area (Å²) in [5.41, 5.74) is 2.38. The first kappa shape index (κ1) is 17.8.